The number of aryl methyl sites for hydroxylation is 1. The fourth-order valence-corrected chi connectivity index (χ4v) is 4.88. The molecule has 3 rings (SSSR count). The van der Waals surface area contributed by atoms with Gasteiger partial charge >= 0.3 is 5.97 Å². The van der Waals surface area contributed by atoms with Gasteiger partial charge in [0.25, 0.3) is 0 Å². The Labute approximate surface area is 130 Å². The largest absolute Gasteiger partial charge is 0.481 e. The van der Waals surface area contributed by atoms with Gasteiger partial charge in [0.1, 0.15) is 5.92 Å². The van der Waals surface area contributed by atoms with Crippen molar-refractivity contribution >= 4 is 22.4 Å². The number of rotatable bonds is 3. The first-order chi connectivity index (χ1) is 10.2. The number of aromatic nitrogens is 1. The van der Waals surface area contributed by atoms with Crippen LogP contribution in [0.1, 0.15) is 68.4 Å². The Morgan fingerprint density at radius 3 is 2.95 bits per heavy atom. The van der Waals surface area contributed by atoms with Crippen LogP contribution in [0.2, 0.25) is 0 Å². The summed E-state index contributed by atoms with van der Waals surface area (Å²) in [6.45, 7) is 3.32. The second-order valence-electron chi connectivity index (χ2n) is 6.19. The van der Waals surface area contributed by atoms with Crippen LogP contribution in [0.5, 0.6) is 0 Å². The summed E-state index contributed by atoms with van der Waals surface area (Å²) in [5, 5.41) is 10.5. The molecule has 0 spiro atoms. The molecule has 2 unspecified atom stereocenters. The van der Waals surface area contributed by atoms with E-state index in [9.17, 15) is 9.90 Å². The topological polar surface area (TPSA) is 53.4 Å². The summed E-state index contributed by atoms with van der Waals surface area (Å²) in [6.07, 6.45) is 8.93. The van der Waals surface area contributed by atoms with Crippen molar-refractivity contribution in [1.29, 1.82) is 0 Å². The van der Waals surface area contributed by atoms with Crippen LogP contribution in [0.25, 0.3) is 0 Å². The molecule has 0 bridgehead atoms. The van der Waals surface area contributed by atoms with Crippen LogP contribution in [-0.2, 0) is 11.2 Å². The molecule has 1 aromatic rings. The highest BCUT2D eigenvalue weighted by atomic mass is 32.1. The van der Waals surface area contributed by atoms with Crippen molar-refractivity contribution in [2.24, 2.45) is 0 Å². The average Bonchev–Trinajstić information content (AvgIpc) is 2.76. The zero-order chi connectivity index (χ0) is 14.8. The highest BCUT2D eigenvalue weighted by Gasteiger charge is 2.32. The number of anilines is 1. The van der Waals surface area contributed by atoms with Gasteiger partial charge in [0.05, 0.1) is 5.69 Å². The second kappa shape index (κ2) is 6.34. The van der Waals surface area contributed by atoms with Gasteiger partial charge in [-0.1, -0.05) is 19.8 Å². The maximum absolute atomic E-state index is 11.4. The molecule has 0 amide bonds. The Kier molecular flexibility index (Phi) is 4.48. The smallest absolute Gasteiger partial charge is 0.312 e. The fourth-order valence-electron chi connectivity index (χ4n) is 3.62. The molecule has 1 fully saturated rings. The molecule has 4 nitrogen and oxygen atoms in total. The van der Waals surface area contributed by atoms with Crippen LogP contribution in [0.3, 0.4) is 0 Å². The first-order valence-electron chi connectivity index (χ1n) is 8.19. The van der Waals surface area contributed by atoms with Gasteiger partial charge < -0.3 is 10.0 Å². The zero-order valence-electron chi connectivity index (χ0n) is 12.7. The summed E-state index contributed by atoms with van der Waals surface area (Å²) in [5.41, 5.74) is 0.854. The van der Waals surface area contributed by atoms with Gasteiger partial charge in [-0.05, 0) is 38.5 Å². The molecule has 1 aliphatic heterocycles. The summed E-state index contributed by atoms with van der Waals surface area (Å²) in [7, 11) is 0. The van der Waals surface area contributed by atoms with Crippen molar-refractivity contribution in [1.82, 2.24) is 4.98 Å². The van der Waals surface area contributed by atoms with Crippen LogP contribution in [0.4, 0.5) is 5.13 Å². The summed E-state index contributed by atoms with van der Waals surface area (Å²) < 4.78 is 0. The SMILES string of the molecule is CCC1CCCCCN1c1nc2c(s1)CCCC2C(=O)O. The van der Waals surface area contributed by atoms with Crippen molar-refractivity contribution < 1.29 is 9.90 Å². The van der Waals surface area contributed by atoms with Crippen LogP contribution >= 0.6 is 11.3 Å². The molecule has 1 aliphatic carbocycles. The normalized spacial score (nSPS) is 26.2. The Bertz CT molecular complexity index is 514. The molecule has 2 aliphatic rings. The van der Waals surface area contributed by atoms with E-state index in [0.717, 1.165) is 43.1 Å². The van der Waals surface area contributed by atoms with Crippen LogP contribution in [0.15, 0.2) is 0 Å². The highest BCUT2D eigenvalue weighted by molar-refractivity contribution is 7.15. The minimum absolute atomic E-state index is 0.384. The molecule has 1 aromatic heterocycles. The minimum Gasteiger partial charge on any atom is -0.481 e. The van der Waals surface area contributed by atoms with E-state index in [-0.39, 0.29) is 5.92 Å². The lowest BCUT2D eigenvalue weighted by molar-refractivity contribution is -0.139. The lowest BCUT2D eigenvalue weighted by Crippen LogP contribution is -2.34. The maximum atomic E-state index is 11.4. The molecule has 1 N–H and O–H groups in total. The lowest BCUT2D eigenvalue weighted by Gasteiger charge is -2.28. The Balaban J connectivity index is 1.90. The van der Waals surface area contributed by atoms with Crippen molar-refractivity contribution in [2.75, 3.05) is 11.4 Å². The number of carboxylic acid groups (broad SMARTS) is 1. The van der Waals surface area contributed by atoms with E-state index in [4.69, 9.17) is 4.98 Å². The highest BCUT2D eigenvalue weighted by Crippen LogP contribution is 2.39. The number of carbonyl (C=O) groups is 1. The molecule has 2 atom stereocenters. The van der Waals surface area contributed by atoms with Gasteiger partial charge in [-0.3, -0.25) is 4.79 Å². The Morgan fingerprint density at radius 1 is 1.33 bits per heavy atom. The van der Waals surface area contributed by atoms with E-state index in [1.54, 1.807) is 11.3 Å². The standard InChI is InChI=1S/C16H24N2O2S/c1-2-11-7-4-3-5-10-18(11)16-17-14-12(15(19)20)8-6-9-13(14)21-16/h11-12H,2-10H2,1H3,(H,19,20). The molecular formula is C16H24N2O2S. The van der Waals surface area contributed by atoms with Crippen molar-refractivity contribution in [3.63, 3.8) is 0 Å². The van der Waals surface area contributed by atoms with Gasteiger partial charge in [-0.25, -0.2) is 4.98 Å². The van der Waals surface area contributed by atoms with Crippen molar-refractivity contribution in [2.45, 2.75) is 70.3 Å². The monoisotopic (exact) mass is 308 g/mol. The quantitative estimate of drug-likeness (QED) is 0.922. The average molecular weight is 308 g/mol. The third kappa shape index (κ3) is 2.93. The molecular weight excluding hydrogens is 284 g/mol. The number of carboxylic acids is 1. The molecule has 116 valence electrons. The molecule has 5 heteroatoms. The molecule has 1 saturated heterocycles. The van der Waals surface area contributed by atoms with Crippen molar-refractivity contribution in [3.05, 3.63) is 10.6 Å². The molecule has 2 heterocycles. The van der Waals surface area contributed by atoms with E-state index in [1.807, 2.05) is 0 Å². The Hall–Kier alpha value is -1.10. The first-order valence-corrected chi connectivity index (χ1v) is 9.01. The van der Waals surface area contributed by atoms with E-state index >= 15 is 0 Å². The van der Waals surface area contributed by atoms with E-state index in [0.29, 0.717) is 6.04 Å². The number of nitrogens with zero attached hydrogens (tertiary/aromatic N) is 2. The third-order valence-electron chi connectivity index (χ3n) is 4.84. The zero-order valence-corrected chi connectivity index (χ0v) is 13.5. The summed E-state index contributed by atoms with van der Waals surface area (Å²) in [4.78, 5) is 19.9. The summed E-state index contributed by atoms with van der Waals surface area (Å²) >= 11 is 1.74. The van der Waals surface area contributed by atoms with Gasteiger partial charge in [0.15, 0.2) is 5.13 Å². The van der Waals surface area contributed by atoms with Gasteiger partial charge in [-0.2, -0.15) is 0 Å². The number of fused-ring (bicyclic) bond motifs is 1. The van der Waals surface area contributed by atoms with Crippen LogP contribution in [-0.4, -0.2) is 28.6 Å². The van der Waals surface area contributed by atoms with E-state index < -0.39 is 5.97 Å². The third-order valence-corrected chi connectivity index (χ3v) is 6.00. The van der Waals surface area contributed by atoms with Crippen LogP contribution in [0, 0.1) is 0 Å². The van der Waals surface area contributed by atoms with Crippen LogP contribution < -0.4 is 4.90 Å². The van der Waals surface area contributed by atoms with E-state index in [2.05, 4.69) is 11.8 Å². The molecule has 21 heavy (non-hydrogen) atoms. The summed E-state index contributed by atoms with van der Waals surface area (Å²) in [5.74, 6) is -1.10. The number of aliphatic carboxylic acids is 1. The number of thiazole rings is 1. The molecule has 0 aromatic carbocycles. The minimum atomic E-state index is -0.712. The molecule has 0 saturated carbocycles. The number of hydrogen-bond acceptors (Lipinski definition) is 4. The van der Waals surface area contributed by atoms with Gasteiger partial charge in [-0.15, -0.1) is 11.3 Å². The molecule has 0 radical (unpaired) electrons. The predicted molar refractivity (Wildman–Crippen MR) is 85.3 cm³/mol. The predicted octanol–water partition coefficient (Wildman–Crippen LogP) is 3.81. The Morgan fingerprint density at radius 2 is 2.19 bits per heavy atom. The van der Waals surface area contributed by atoms with Gasteiger partial charge in [0, 0.05) is 17.5 Å². The van der Waals surface area contributed by atoms with Crippen molar-refractivity contribution in [3.8, 4) is 0 Å². The fraction of sp³-hybridized carbons (Fsp3) is 0.750. The lowest BCUT2D eigenvalue weighted by atomic mass is 9.91. The first kappa shape index (κ1) is 14.8. The van der Waals surface area contributed by atoms with Gasteiger partial charge in [0.2, 0.25) is 0 Å². The summed E-state index contributed by atoms with van der Waals surface area (Å²) in [6, 6.07) is 0.573. The second-order valence-corrected chi connectivity index (χ2v) is 7.25. The van der Waals surface area contributed by atoms with E-state index in [1.165, 1.54) is 30.6 Å². The maximum Gasteiger partial charge on any atom is 0.312 e. The number of hydrogen-bond donors (Lipinski definition) is 1.